The maximum atomic E-state index is 13.8. The molecule has 6 rings (SSSR count). The van der Waals surface area contributed by atoms with Gasteiger partial charge in [-0.15, -0.1) is 0 Å². The van der Waals surface area contributed by atoms with Crippen molar-refractivity contribution in [3.05, 3.63) is 124 Å². The highest BCUT2D eigenvalue weighted by atomic mass is 16.5. The molecule has 4 heteroatoms. The first-order valence-corrected chi connectivity index (χ1v) is 13.5. The van der Waals surface area contributed by atoms with Crippen LogP contribution in [0.2, 0.25) is 0 Å². The van der Waals surface area contributed by atoms with Crippen LogP contribution in [0.1, 0.15) is 74.0 Å². The zero-order chi connectivity index (χ0) is 26.2. The Morgan fingerprint density at radius 1 is 0.632 bits per heavy atom. The molecular weight excluding hydrogens is 472 g/mol. The number of ketones is 2. The predicted octanol–water partition coefficient (Wildman–Crippen LogP) is 7.39. The van der Waals surface area contributed by atoms with Crippen molar-refractivity contribution in [3.8, 4) is 5.75 Å². The monoisotopic (exact) mass is 504 g/mol. The lowest BCUT2D eigenvalue weighted by Crippen LogP contribution is -2.33. The van der Waals surface area contributed by atoms with Gasteiger partial charge in [0.25, 0.3) is 0 Å². The number of benzene rings is 3. The average molecular weight is 505 g/mol. The first kappa shape index (κ1) is 24.4. The molecule has 0 amide bonds. The zero-order valence-corrected chi connectivity index (χ0v) is 21.9. The van der Waals surface area contributed by atoms with E-state index >= 15 is 0 Å². The number of carbonyl (C=O) groups is 2. The van der Waals surface area contributed by atoms with Crippen LogP contribution in [0.5, 0.6) is 5.75 Å². The quantitative estimate of drug-likeness (QED) is 0.364. The van der Waals surface area contributed by atoms with Crippen molar-refractivity contribution in [1.29, 1.82) is 0 Å². The predicted molar refractivity (Wildman–Crippen MR) is 147 cm³/mol. The minimum absolute atomic E-state index is 0.0660. The molecule has 0 fully saturated rings. The molecule has 3 aromatic rings. The van der Waals surface area contributed by atoms with Crippen LogP contribution in [0.25, 0.3) is 0 Å². The van der Waals surface area contributed by atoms with Crippen molar-refractivity contribution >= 4 is 11.6 Å². The molecule has 38 heavy (non-hydrogen) atoms. The molecule has 2 aliphatic carbocycles. The second kappa shape index (κ2) is 10.1. The van der Waals surface area contributed by atoms with Crippen molar-refractivity contribution in [2.45, 2.75) is 63.4 Å². The molecule has 2 atom stereocenters. The summed E-state index contributed by atoms with van der Waals surface area (Å²) in [7, 11) is 0. The van der Waals surface area contributed by atoms with Gasteiger partial charge >= 0.3 is 0 Å². The molecule has 0 aromatic heterocycles. The Morgan fingerprint density at radius 3 is 1.55 bits per heavy atom. The van der Waals surface area contributed by atoms with Crippen LogP contribution in [0.4, 0.5) is 0 Å². The fraction of sp³-hybridized carbons (Fsp3) is 0.294. The van der Waals surface area contributed by atoms with E-state index in [2.05, 4.69) is 24.3 Å². The van der Waals surface area contributed by atoms with Crippen LogP contribution in [0.15, 0.2) is 108 Å². The van der Waals surface area contributed by atoms with Gasteiger partial charge in [0.2, 0.25) is 0 Å². The summed E-state index contributed by atoms with van der Waals surface area (Å²) in [6.45, 7) is 3.99. The number of rotatable bonds is 5. The van der Waals surface area contributed by atoms with Gasteiger partial charge in [-0.25, -0.2) is 0 Å². The standard InChI is InChI=1S/C34H32O4/c1-21(2)37-27-15-13-24(14-16-27)32-33-28(35)17-25(22-9-5-3-6-10-22)19-30(33)38-31-20-26(18-29(36)34(31)32)23-11-7-4-8-12-23/h3-16,21,25-26,32H,17-20H2,1-2H3. The van der Waals surface area contributed by atoms with Crippen molar-refractivity contribution in [1.82, 2.24) is 0 Å². The highest BCUT2D eigenvalue weighted by molar-refractivity contribution is 6.06. The van der Waals surface area contributed by atoms with E-state index in [4.69, 9.17) is 9.47 Å². The third-order valence-corrected chi connectivity index (χ3v) is 7.88. The van der Waals surface area contributed by atoms with Crippen molar-refractivity contribution in [3.63, 3.8) is 0 Å². The minimum atomic E-state index is -0.407. The molecule has 4 nitrogen and oxygen atoms in total. The van der Waals surface area contributed by atoms with Crippen LogP contribution in [-0.2, 0) is 14.3 Å². The van der Waals surface area contributed by atoms with Crippen LogP contribution in [0, 0.1) is 0 Å². The van der Waals surface area contributed by atoms with Crippen LogP contribution in [0.3, 0.4) is 0 Å². The zero-order valence-electron chi connectivity index (χ0n) is 21.9. The summed E-state index contributed by atoms with van der Waals surface area (Å²) in [5.41, 5.74) is 4.52. The smallest absolute Gasteiger partial charge is 0.163 e. The molecule has 1 heterocycles. The van der Waals surface area contributed by atoms with Crippen LogP contribution < -0.4 is 4.74 Å². The normalized spacial score (nSPS) is 23.2. The molecule has 0 radical (unpaired) electrons. The van der Waals surface area contributed by atoms with Gasteiger partial charge < -0.3 is 9.47 Å². The van der Waals surface area contributed by atoms with Crippen LogP contribution in [-0.4, -0.2) is 17.7 Å². The summed E-state index contributed by atoms with van der Waals surface area (Å²) in [4.78, 5) is 27.6. The van der Waals surface area contributed by atoms with Crippen molar-refractivity contribution < 1.29 is 19.1 Å². The van der Waals surface area contributed by atoms with Gasteiger partial charge in [-0.3, -0.25) is 9.59 Å². The molecule has 1 aliphatic heterocycles. The molecule has 3 aromatic carbocycles. The lowest BCUT2D eigenvalue weighted by Gasteiger charge is -2.39. The van der Waals surface area contributed by atoms with Gasteiger partial charge in [-0.05, 0) is 54.5 Å². The number of hydrogen-bond donors (Lipinski definition) is 0. The molecular formula is C34H32O4. The summed E-state index contributed by atoms with van der Waals surface area (Å²) in [6, 6.07) is 28.2. The Bertz CT molecular complexity index is 1330. The Kier molecular flexibility index (Phi) is 6.49. The van der Waals surface area contributed by atoms with Crippen LogP contribution >= 0.6 is 0 Å². The van der Waals surface area contributed by atoms with Gasteiger partial charge in [-0.2, -0.15) is 0 Å². The molecule has 2 unspecified atom stereocenters. The number of carbonyl (C=O) groups excluding carboxylic acids is 2. The van der Waals surface area contributed by atoms with Gasteiger partial charge in [0.15, 0.2) is 11.6 Å². The Balaban J connectivity index is 1.42. The van der Waals surface area contributed by atoms with Gasteiger partial charge in [-0.1, -0.05) is 72.8 Å². The van der Waals surface area contributed by atoms with E-state index in [1.807, 2.05) is 74.5 Å². The Labute approximate surface area is 224 Å². The Hall–Kier alpha value is -3.92. The Morgan fingerprint density at radius 2 is 1.11 bits per heavy atom. The number of allylic oxidation sites excluding steroid dienone is 4. The first-order valence-electron chi connectivity index (χ1n) is 13.5. The third-order valence-electron chi connectivity index (χ3n) is 7.88. The van der Waals surface area contributed by atoms with E-state index in [9.17, 15) is 9.59 Å². The summed E-state index contributed by atoms with van der Waals surface area (Å²) < 4.78 is 12.4. The summed E-state index contributed by atoms with van der Waals surface area (Å²) >= 11 is 0. The highest BCUT2D eigenvalue weighted by Gasteiger charge is 2.45. The fourth-order valence-electron chi connectivity index (χ4n) is 6.19. The van der Waals surface area contributed by atoms with Crippen molar-refractivity contribution in [2.75, 3.05) is 0 Å². The molecule has 0 N–H and O–H groups in total. The second-order valence-corrected chi connectivity index (χ2v) is 10.8. The maximum Gasteiger partial charge on any atom is 0.163 e. The molecule has 0 bridgehead atoms. The minimum Gasteiger partial charge on any atom is -0.491 e. The van der Waals surface area contributed by atoms with E-state index in [0.29, 0.717) is 36.8 Å². The summed E-state index contributed by atoms with van der Waals surface area (Å²) in [5, 5.41) is 0. The fourth-order valence-corrected chi connectivity index (χ4v) is 6.19. The van der Waals surface area contributed by atoms with Gasteiger partial charge in [0, 0.05) is 42.7 Å². The summed E-state index contributed by atoms with van der Waals surface area (Å²) in [6.07, 6.45) is 2.20. The molecule has 3 aliphatic rings. The van der Waals surface area contributed by atoms with Crippen molar-refractivity contribution in [2.24, 2.45) is 0 Å². The molecule has 0 saturated carbocycles. The summed E-state index contributed by atoms with van der Waals surface area (Å²) in [5.74, 6) is 2.08. The lowest BCUT2D eigenvalue weighted by atomic mass is 9.69. The molecule has 0 saturated heterocycles. The van der Waals surface area contributed by atoms with Gasteiger partial charge in [0.1, 0.15) is 17.3 Å². The topological polar surface area (TPSA) is 52.6 Å². The maximum absolute atomic E-state index is 13.8. The third kappa shape index (κ3) is 4.60. The average Bonchev–Trinajstić information content (AvgIpc) is 2.93. The largest absolute Gasteiger partial charge is 0.491 e. The number of hydrogen-bond acceptors (Lipinski definition) is 4. The number of ether oxygens (including phenoxy) is 2. The first-order chi connectivity index (χ1) is 18.5. The lowest BCUT2D eigenvalue weighted by molar-refractivity contribution is -0.118. The SMILES string of the molecule is CC(C)Oc1ccc(C2C3=C(CC(c4ccccc4)CC3=O)OC3=C2C(=O)CC(c2ccccc2)C3)cc1. The number of Topliss-reactive ketones (excluding diaryl/α,β-unsaturated/α-hetero) is 2. The van der Waals surface area contributed by atoms with E-state index < -0.39 is 5.92 Å². The van der Waals surface area contributed by atoms with E-state index in [-0.39, 0.29) is 29.5 Å². The van der Waals surface area contributed by atoms with E-state index in [1.54, 1.807) is 0 Å². The molecule has 192 valence electrons. The highest BCUT2D eigenvalue weighted by Crippen LogP contribution is 2.52. The van der Waals surface area contributed by atoms with Gasteiger partial charge in [0.05, 0.1) is 6.10 Å². The van der Waals surface area contributed by atoms with E-state index in [0.717, 1.165) is 34.0 Å². The van der Waals surface area contributed by atoms with E-state index in [1.165, 1.54) is 0 Å². The molecule has 0 spiro atoms. The second-order valence-electron chi connectivity index (χ2n) is 10.8.